The van der Waals surface area contributed by atoms with Crippen LogP contribution < -0.4 is 15.2 Å². The van der Waals surface area contributed by atoms with Gasteiger partial charge in [0.25, 0.3) is 15.9 Å². The number of nitrogen functional groups attached to an aromatic ring is 1. The molecule has 3 heterocycles. The second-order valence-electron chi connectivity index (χ2n) is 9.23. The summed E-state index contributed by atoms with van der Waals surface area (Å²) in [5.41, 5.74) is 7.58. The van der Waals surface area contributed by atoms with E-state index in [9.17, 15) is 30.4 Å². The van der Waals surface area contributed by atoms with Gasteiger partial charge in [0.1, 0.15) is 28.0 Å². The summed E-state index contributed by atoms with van der Waals surface area (Å²) in [6.07, 6.45) is 1.43. The lowest BCUT2D eigenvalue weighted by Gasteiger charge is -2.27. The number of carbonyl (C=O) groups excluding carboxylic acids is 1. The Morgan fingerprint density at radius 3 is 2.46 bits per heavy atom. The van der Waals surface area contributed by atoms with Gasteiger partial charge in [-0.2, -0.15) is 0 Å². The first-order chi connectivity index (χ1) is 19.4. The molecule has 2 aromatic heterocycles. The van der Waals surface area contributed by atoms with Crippen LogP contribution in [0.15, 0.2) is 59.6 Å². The molecule has 1 amide bonds. The first-order valence-corrected chi connectivity index (χ1v) is 15.4. The lowest BCUT2D eigenvalue weighted by Crippen LogP contribution is -2.44. The number of rotatable bonds is 6. The van der Waals surface area contributed by atoms with Gasteiger partial charge in [0.2, 0.25) is 5.88 Å². The molecule has 0 aliphatic carbocycles. The van der Waals surface area contributed by atoms with Crippen LogP contribution in [0.4, 0.5) is 20.3 Å². The van der Waals surface area contributed by atoms with E-state index >= 15 is 0 Å². The van der Waals surface area contributed by atoms with E-state index in [0.717, 1.165) is 12.1 Å². The third kappa shape index (κ3) is 5.76. The van der Waals surface area contributed by atoms with E-state index in [1.807, 2.05) is 0 Å². The number of sulfone groups is 1. The van der Waals surface area contributed by atoms with Gasteiger partial charge in [-0.15, -0.1) is 0 Å². The SMILES string of the molecule is COc1ncc(-c2ccc3nc(N)c(C(=O)N4CCS(=O)(=O)CC4)cc3c2)cc1NS(=O)(=O)c1ccc(F)cc1F. The molecule has 11 nitrogen and oxygen atoms in total. The molecule has 3 N–H and O–H groups in total. The molecule has 0 saturated carbocycles. The second kappa shape index (κ2) is 10.6. The molecule has 0 radical (unpaired) electrons. The number of nitrogens with one attached hydrogen (secondary N) is 1. The van der Waals surface area contributed by atoms with Gasteiger partial charge in [0, 0.05) is 36.3 Å². The number of amides is 1. The fourth-order valence-corrected chi connectivity index (χ4v) is 6.68. The summed E-state index contributed by atoms with van der Waals surface area (Å²) in [6, 6.07) is 10.1. The van der Waals surface area contributed by atoms with E-state index in [2.05, 4.69) is 14.7 Å². The normalized spacial score (nSPS) is 15.0. The van der Waals surface area contributed by atoms with Crippen molar-refractivity contribution in [1.29, 1.82) is 0 Å². The van der Waals surface area contributed by atoms with Crippen LogP contribution in [0.5, 0.6) is 5.88 Å². The number of ether oxygens (including phenoxy) is 1. The molecule has 5 rings (SSSR count). The summed E-state index contributed by atoms with van der Waals surface area (Å²) < 4.78 is 84.2. The van der Waals surface area contributed by atoms with Crippen LogP contribution in [0.2, 0.25) is 0 Å². The quantitative estimate of drug-likeness (QED) is 0.338. The number of pyridine rings is 2. The van der Waals surface area contributed by atoms with Crippen molar-refractivity contribution >= 4 is 48.2 Å². The molecule has 0 spiro atoms. The van der Waals surface area contributed by atoms with Crippen molar-refractivity contribution in [3.8, 4) is 17.0 Å². The van der Waals surface area contributed by atoms with Gasteiger partial charge in [0.05, 0.1) is 29.7 Å². The molecule has 4 aromatic rings. The lowest BCUT2D eigenvalue weighted by molar-refractivity contribution is 0.0771. The van der Waals surface area contributed by atoms with Crippen LogP contribution in [0, 0.1) is 11.6 Å². The molecule has 15 heteroatoms. The van der Waals surface area contributed by atoms with Gasteiger partial charge in [0.15, 0.2) is 9.84 Å². The number of hydrogen-bond donors (Lipinski definition) is 2. The highest BCUT2D eigenvalue weighted by atomic mass is 32.2. The zero-order valence-electron chi connectivity index (χ0n) is 21.5. The largest absolute Gasteiger partial charge is 0.480 e. The predicted molar refractivity (Wildman–Crippen MR) is 148 cm³/mol. The van der Waals surface area contributed by atoms with E-state index in [-0.39, 0.29) is 47.5 Å². The highest BCUT2D eigenvalue weighted by Gasteiger charge is 2.27. The molecule has 0 unspecified atom stereocenters. The van der Waals surface area contributed by atoms with Crippen LogP contribution in [-0.2, 0) is 19.9 Å². The van der Waals surface area contributed by atoms with Gasteiger partial charge in [-0.05, 0) is 42.0 Å². The number of halogens is 2. The third-order valence-electron chi connectivity index (χ3n) is 6.51. The van der Waals surface area contributed by atoms with Gasteiger partial charge in [-0.1, -0.05) is 6.07 Å². The number of nitrogens with two attached hydrogens (primary N) is 1. The smallest absolute Gasteiger partial charge is 0.264 e. The minimum absolute atomic E-state index is 0.000451. The average Bonchev–Trinajstić information content (AvgIpc) is 2.91. The zero-order valence-corrected chi connectivity index (χ0v) is 23.1. The number of nitrogens with zero attached hydrogens (tertiary/aromatic N) is 3. The molecule has 2 aromatic carbocycles. The Morgan fingerprint density at radius 1 is 1.05 bits per heavy atom. The fraction of sp³-hybridized carbons (Fsp3) is 0.192. The highest BCUT2D eigenvalue weighted by molar-refractivity contribution is 7.92. The van der Waals surface area contributed by atoms with E-state index in [1.54, 1.807) is 24.3 Å². The van der Waals surface area contributed by atoms with E-state index in [1.165, 1.54) is 24.3 Å². The van der Waals surface area contributed by atoms with Crippen molar-refractivity contribution in [1.82, 2.24) is 14.9 Å². The topological polar surface area (TPSA) is 162 Å². The second-order valence-corrected chi connectivity index (χ2v) is 13.2. The third-order valence-corrected chi connectivity index (χ3v) is 9.52. The maximum absolute atomic E-state index is 14.2. The Bertz CT molecular complexity index is 1910. The van der Waals surface area contributed by atoms with Crippen LogP contribution >= 0.6 is 0 Å². The molecule has 1 saturated heterocycles. The first kappa shape index (κ1) is 28.2. The van der Waals surface area contributed by atoms with Gasteiger partial charge in [-0.3, -0.25) is 9.52 Å². The summed E-state index contributed by atoms with van der Waals surface area (Å²) in [5, 5.41) is 0.538. The molecular weight excluding hydrogens is 580 g/mol. The monoisotopic (exact) mass is 603 g/mol. The van der Waals surface area contributed by atoms with Gasteiger partial charge < -0.3 is 15.4 Å². The van der Waals surface area contributed by atoms with Crippen molar-refractivity contribution in [2.75, 3.05) is 42.2 Å². The molecule has 1 fully saturated rings. The summed E-state index contributed by atoms with van der Waals surface area (Å²) in [4.78, 5) is 22.2. The summed E-state index contributed by atoms with van der Waals surface area (Å²) >= 11 is 0. The molecule has 1 aliphatic rings. The standard InChI is InChI=1S/C26H23F2N5O6S2/c1-39-25-22(32-41(37,38)23-5-3-18(27)13-20(23)28)12-17(14-30-25)15-2-4-21-16(10-15)11-19(24(29)31-21)26(34)33-6-8-40(35,36)9-7-33/h2-5,10-14,32H,6-9H2,1H3,(H2,29,31). The summed E-state index contributed by atoms with van der Waals surface area (Å²) in [7, 11) is -6.39. The minimum Gasteiger partial charge on any atom is -0.480 e. The van der Waals surface area contributed by atoms with E-state index < -0.39 is 42.3 Å². The number of sulfonamides is 1. The number of methoxy groups -OCH3 is 1. The van der Waals surface area contributed by atoms with Crippen LogP contribution in [0.25, 0.3) is 22.0 Å². The number of aromatic nitrogens is 2. The Balaban J connectivity index is 1.49. The molecule has 0 bridgehead atoms. The molecule has 41 heavy (non-hydrogen) atoms. The van der Waals surface area contributed by atoms with Crippen molar-refractivity contribution < 1.29 is 35.1 Å². The van der Waals surface area contributed by atoms with Crippen LogP contribution in [0.1, 0.15) is 10.4 Å². The van der Waals surface area contributed by atoms with Crippen molar-refractivity contribution in [3.63, 3.8) is 0 Å². The van der Waals surface area contributed by atoms with E-state index in [0.29, 0.717) is 28.1 Å². The lowest BCUT2D eigenvalue weighted by atomic mass is 10.0. The Labute approximate surface area is 233 Å². The zero-order chi connectivity index (χ0) is 29.5. The number of hydrogen-bond acceptors (Lipinski definition) is 9. The summed E-state index contributed by atoms with van der Waals surface area (Å²) in [6.45, 7) is 0.105. The molecular formula is C26H23F2N5O6S2. The Kier molecular flexibility index (Phi) is 7.25. The van der Waals surface area contributed by atoms with Gasteiger partial charge in [-0.25, -0.2) is 35.6 Å². The Hall–Kier alpha value is -4.37. The molecule has 0 atom stereocenters. The maximum Gasteiger partial charge on any atom is 0.264 e. The van der Waals surface area contributed by atoms with Crippen molar-refractivity contribution in [2.24, 2.45) is 0 Å². The van der Waals surface area contributed by atoms with Gasteiger partial charge >= 0.3 is 0 Å². The van der Waals surface area contributed by atoms with Crippen LogP contribution in [0.3, 0.4) is 0 Å². The number of fused-ring (bicyclic) bond motifs is 1. The van der Waals surface area contributed by atoms with Crippen molar-refractivity contribution in [3.05, 3.63) is 71.9 Å². The van der Waals surface area contributed by atoms with E-state index in [4.69, 9.17) is 10.5 Å². The first-order valence-electron chi connectivity index (χ1n) is 12.1. The predicted octanol–water partition coefficient (Wildman–Crippen LogP) is 2.84. The van der Waals surface area contributed by atoms with Crippen LogP contribution in [-0.4, -0.2) is 69.3 Å². The van der Waals surface area contributed by atoms with Crippen molar-refractivity contribution in [2.45, 2.75) is 4.90 Å². The average molecular weight is 604 g/mol. The summed E-state index contributed by atoms with van der Waals surface area (Å²) in [5.74, 6) is -2.98. The molecule has 214 valence electrons. The molecule has 1 aliphatic heterocycles. The number of carbonyl (C=O) groups is 1. The maximum atomic E-state index is 14.2. The Morgan fingerprint density at radius 2 is 1.78 bits per heavy atom. The highest BCUT2D eigenvalue weighted by Crippen LogP contribution is 2.32. The fourth-order valence-electron chi connectivity index (χ4n) is 4.37. The number of benzene rings is 2. The minimum atomic E-state index is -4.48. The number of anilines is 2.